The number of benzene rings is 1. The minimum atomic E-state index is -0.601. The maximum absolute atomic E-state index is 12.5. The number of ether oxygens (including phenoxy) is 1. The minimum absolute atomic E-state index is 0.0652. The first-order chi connectivity index (χ1) is 11.6. The number of aromatic nitrogens is 2. The summed E-state index contributed by atoms with van der Waals surface area (Å²) in [6.07, 6.45) is 2.87. The number of carbonyl (C=O) groups excluding carboxylic acids is 1. The maximum atomic E-state index is 12.5. The van der Waals surface area contributed by atoms with Gasteiger partial charge in [-0.3, -0.25) is 20.0 Å². The van der Waals surface area contributed by atoms with Gasteiger partial charge in [0.2, 0.25) is 5.69 Å². The number of hydrogen-bond donors (Lipinski definition) is 1. The van der Waals surface area contributed by atoms with E-state index in [1.807, 2.05) is 30.3 Å². The van der Waals surface area contributed by atoms with Crippen molar-refractivity contribution in [2.45, 2.75) is 12.8 Å². The van der Waals surface area contributed by atoms with Gasteiger partial charge in [-0.2, -0.15) is 5.10 Å². The highest BCUT2D eigenvalue weighted by molar-refractivity contribution is 5.96. The molecule has 1 aromatic heterocycles. The highest BCUT2D eigenvalue weighted by Gasteiger charge is 2.30. The van der Waals surface area contributed by atoms with Crippen LogP contribution in [0.15, 0.2) is 36.5 Å². The van der Waals surface area contributed by atoms with Crippen molar-refractivity contribution in [2.75, 3.05) is 19.7 Å². The first kappa shape index (κ1) is 16.0. The fourth-order valence-corrected chi connectivity index (χ4v) is 2.85. The van der Waals surface area contributed by atoms with Crippen LogP contribution in [0.2, 0.25) is 0 Å². The van der Waals surface area contributed by atoms with Crippen LogP contribution in [0.25, 0.3) is 0 Å². The third-order valence-electron chi connectivity index (χ3n) is 4.07. The van der Waals surface area contributed by atoms with E-state index in [1.54, 1.807) is 4.90 Å². The third kappa shape index (κ3) is 3.53. The van der Waals surface area contributed by atoms with Gasteiger partial charge in [0, 0.05) is 19.0 Å². The molecule has 1 saturated heterocycles. The van der Waals surface area contributed by atoms with E-state index in [1.165, 1.54) is 0 Å². The molecular formula is C16H18N4O4. The second-order valence-electron chi connectivity index (χ2n) is 5.77. The molecule has 0 bridgehead atoms. The zero-order valence-corrected chi connectivity index (χ0v) is 13.1. The smallest absolute Gasteiger partial charge is 0.319 e. The number of nitrogens with zero attached hydrogens (tertiary/aromatic N) is 3. The molecule has 126 valence electrons. The van der Waals surface area contributed by atoms with Crippen molar-refractivity contribution >= 4 is 11.6 Å². The van der Waals surface area contributed by atoms with E-state index in [9.17, 15) is 14.9 Å². The number of hydrogen-bond acceptors (Lipinski definition) is 5. The summed E-state index contributed by atoms with van der Waals surface area (Å²) >= 11 is 0. The molecule has 2 heterocycles. The third-order valence-corrected chi connectivity index (χ3v) is 4.07. The summed E-state index contributed by atoms with van der Waals surface area (Å²) < 4.78 is 5.76. The number of aromatic amines is 1. The Kier molecular flexibility index (Phi) is 4.74. The Morgan fingerprint density at radius 2 is 2.21 bits per heavy atom. The Morgan fingerprint density at radius 3 is 2.96 bits per heavy atom. The Balaban J connectivity index is 1.61. The SMILES string of the molecule is O=C(c1[nH]ncc1[N+](=O)[O-])N1CCC[C@@H](COc2ccccc2)C1. The van der Waals surface area contributed by atoms with Crippen molar-refractivity contribution in [3.8, 4) is 5.75 Å². The Bertz CT molecular complexity index is 716. The van der Waals surface area contributed by atoms with Crippen LogP contribution in [0.3, 0.4) is 0 Å². The van der Waals surface area contributed by atoms with Gasteiger partial charge in [0.05, 0.1) is 11.5 Å². The van der Waals surface area contributed by atoms with Gasteiger partial charge in [0.1, 0.15) is 11.9 Å². The summed E-state index contributed by atoms with van der Waals surface area (Å²) in [6.45, 7) is 1.61. The number of carbonyl (C=O) groups is 1. The fraction of sp³-hybridized carbons (Fsp3) is 0.375. The quantitative estimate of drug-likeness (QED) is 0.669. The van der Waals surface area contributed by atoms with Crippen molar-refractivity contribution in [3.63, 3.8) is 0 Å². The van der Waals surface area contributed by atoms with Crippen LogP contribution in [0.5, 0.6) is 5.75 Å². The number of nitro groups is 1. The zero-order valence-electron chi connectivity index (χ0n) is 13.1. The summed E-state index contributed by atoms with van der Waals surface area (Å²) in [6, 6.07) is 9.51. The second-order valence-corrected chi connectivity index (χ2v) is 5.77. The van der Waals surface area contributed by atoms with Crippen molar-refractivity contribution in [3.05, 3.63) is 52.3 Å². The Morgan fingerprint density at radius 1 is 1.42 bits per heavy atom. The second kappa shape index (κ2) is 7.12. The molecule has 1 fully saturated rings. The fourth-order valence-electron chi connectivity index (χ4n) is 2.85. The van der Waals surface area contributed by atoms with Gasteiger partial charge >= 0.3 is 5.69 Å². The molecule has 1 N–H and O–H groups in total. The van der Waals surface area contributed by atoms with E-state index in [0.29, 0.717) is 19.7 Å². The Labute approximate surface area is 138 Å². The highest BCUT2D eigenvalue weighted by atomic mass is 16.6. The van der Waals surface area contributed by atoms with Crippen LogP contribution in [-0.4, -0.2) is 45.6 Å². The lowest BCUT2D eigenvalue weighted by Gasteiger charge is -2.32. The molecule has 1 amide bonds. The molecule has 8 nitrogen and oxygen atoms in total. The van der Waals surface area contributed by atoms with Crippen LogP contribution in [-0.2, 0) is 0 Å². The first-order valence-electron chi connectivity index (χ1n) is 7.80. The number of piperidine rings is 1. The maximum Gasteiger partial charge on any atom is 0.319 e. The molecule has 0 spiro atoms. The topological polar surface area (TPSA) is 101 Å². The Hall–Kier alpha value is -2.90. The van der Waals surface area contributed by atoms with Crippen molar-refractivity contribution in [1.29, 1.82) is 0 Å². The van der Waals surface area contributed by atoms with E-state index in [-0.39, 0.29) is 23.2 Å². The average molecular weight is 330 g/mol. The van der Waals surface area contributed by atoms with Crippen molar-refractivity contribution in [1.82, 2.24) is 15.1 Å². The molecule has 3 rings (SSSR count). The van der Waals surface area contributed by atoms with E-state index in [4.69, 9.17) is 4.74 Å². The molecule has 1 atom stereocenters. The number of para-hydroxylation sites is 1. The summed E-state index contributed by atoms with van der Waals surface area (Å²) in [5.41, 5.74) is -0.354. The van der Waals surface area contributed by atoms with Crippen LogP contribution < -0.4 is 4.74 Å². The van der Waals surface area contributed by atoms with E-state index in [2.05, 4.69) is 10.2 Å². The van der Waals surface area contributed by atoms with Gasteiger partial charge in [-0.1, -0.05) is 18.2 Å². The average Bonchev–Trinajstić information content (AvgIpc) is 3.10. The van der Waals surface area contributed by atoms with E-state index < -0.39 is 4.92 Å². The molecular weight excluding hydrogens is 312 g/mol. The monoisotopic (exact) mass is 330 g/mol. The van der Waals surface area contributed by atoms with Gasteiger partial charge in [-0.05, 0) is 25.0 Å². The van der Waals surface area contributed by atoms with Crippen LogP contribution in [0.1, 0.15) is 23.3 Å². The number of likely N-dealkylation sites (tertiary alicyclic amines) is 1. The lowest BCUT2D eigenvalue weighted by molar-refractivity contribution is -0.385. The molecule has 0 unspecified atom stereocenters. The molecule has 2 aromatic rings. The lowest BCUT2D eigenvalue weighted by atomic mass is 9.98. The van der Waals surface area contributed by atoms with Gasteiger partial charge < -0.3 is 9.64 Å². The number of nitrogens with one attached hydrogen (secondary N) is 1. The number of amides is 1. The van der Waals surface area contributed by atoms with Gasteiger partial charge in [-0.15, -0.1) is 0 Å². The van der Waals surface area contributed by atoms with Crippen LogP contribution >= 0.6 is 0 Å². The predicted molar refractivity (Wildman–Crippen MR) is 85.8 cm³/mol. The zero-order chi connectivity index (χ0) is 16.9. The summed E-state index contributed by atoms with van der Waals surface area (Å²) in [7, 11) is 0. The molecule has 1 aliphatic heterocycles. The molecule has 0 aliphatic carbocycles. The molecule has 8 heteroatoms. The molecule has 0 saturated carbocycles. The molecule has 1 aromatic carbocycles. The highest BCUT2D eigenvalue weighted by Crippen LogP contribution is 2.22. The van der Waals surface area contributed by atoms with Gasteiger partial charge in [-0.25, -0.2) is 0 Å². The lowest BCUT2D eigenvalue weighted by Crippen LogP contribution is -2.41. The standard InChI is InChI=1S/C16H18N4O4/c21-16(15-14(20(22)23)9-17-18-15)19-8-4-5-12(10-19)11-24-13-6-2-1-3-7-13/h1-3,6-7,9,12H,4-5,8,10-11H2,(H,17,18)/t12-/m1/s1. The van der Waals surface area contributed by atoms with Gasteiger partial charge in [0.15, 0.2) is 0 Å². The van der Waals surface area contributed by atoms with E-state index in [0.717, 1.165) is 24.8 Å². The van der Waals surface area contributed by atoms with Gasteiger partial charge in [0.25, 0.3) is 5.91 Å². The minimum Gasteiger partial charge on any atom is -0.493 e. The first-order valence-corrected chi connectivity index (χ1v) is 7.80. The number of H-pyrrole nitrogens is 1. The number of rotatable bonds is 5. The van der Waals surface area contributed by atoms with Crippen molar-refractivity contribution in [2.24, 2.45) is 5.92 Å². The largest absolute Gasteiger partial charge is 0.493 e. The van der Waals surface area contributed by atoms with Crippen LogP contribution in [0.4, 0.5) is 5.69 Å². The molecule has 0 radical (unpaired) electrons. The molecule has 24 heavy (non-hydrogen) atoms. The van der Waals surface area contributed by atoms with Crippen molar-refractivity contribution < 1.29 is 14.5 Å². The summed E-state index contributed by atoms with van der Waals surface area (Å²) in [5, 5.41) is 17.0. The molecule has 1 aliphatic rings. The summed E-state index contributed by atoms with van der Waals surface area (Å²) in [5.74, 6) is 0.610. The normalized spacial score (nSPS) is 17.5. The predicted octanol–water partition coefficient (Wildman–Crippen LogP) is 2.25. The summed E-state index contributed by atoms with van der Waals surface area (Å²) in [4.78, 5) is 24.5. The van der Waals surface area contributed by atoms with Crippen LogP contribution in [0, 0.1) is 16.0 Å². The van der Waals surface area contributed by atoms with E-state index >= 15 is 0 Å².